The molecule has 38 heavy (non-hydrogen) atoms. The first-order valence-electron chi connectivity index (χ1n) is 11.7. The minimum Gasteiger partial charge on any atom is -0.492 e. The maximum absolute atomic E-state index is 13.0. The third kappa shape index (κ3) is 7.05. The molecule has 1 fully saturated rings. The van der Waals surface area contributed by atoms with Crippen LogP contribution in [0.5, 0.6) is 17.2 Å². The van der Waals surface area contributed by atoms with Gasteiger partial charge in [0.15, 0.2) is 11.5 Å². The molecule has 0 atom stereocenters. The number of aryl methyl sites for hydroxylation is 1. The van der Waals surface area contributed by atoms with Gasteiger partial charge in [-0.05, 0) is 95.1 Å². The standard InChI is InChI=1S/C28H24BrCl2NO5S/c1-3-35-24-14-19(12-21(29)26(24)37-16-18-6-9-22(30)23(31)13-18)15-25-27(33)32(28(34)38-25)10-11-36-20-7-4-17(2)5-8-20/h4-9,12-15H,3,10-11,16H2,1-2H3/b25-15-. The van der Waals surface area contributed by atoms with E-state index in [1.807, 2.05) is 44.2 Å². The highest BCUT2D eigenvalue weighted by Gasteiger charge is 2.35. The number of rotatable bonds is 10. The molecular weight excluding hydrogens is 613 g/mol. The summed E-state index contributed by atoms with van der Waals surface area (Å²) in [6, 6.07) is 16.5. The molecular formula is C28H24BrCl2NO5S. The van der Waals surface area contributed by atoms with Crippen LogP contribution in [0, 0.1) is 6.92 Å². The van der Waals surface area contributed by atoms with Crippen molar-refractivity contribution in [3.8, 4) is 17.2 Å². The van der Waals surface area contributed by atoms with Gasteiger partial charge in [-0.3, -0.25) is 14.5 Å². The Labute approximate surface area is 244 Å². The molecule has 1 aliphatic rings. The summed E-state index contributed by atoms with van der Waals surface area (Å²) in [7, 11) is 0. The quantitative estimate of drug-likeness (QED) is 0.209. The molecule has 1 saturated heterocycles. The lowest BCUT2D eigenvalue weighted by molar-refractivity contribution is -0.123. The van der Waals surface area contributed by atoms with E-state index >= 15 is 0 Å². The molecule has 2 amide bonds. The zero-order chi connectivity index (χ0) is 27.2. The van der Waals surface area contributed by atoms with Gasteiger partial charge in [-0.15, -0.1) is 0 Å². The highest BCUT2D eigenvalue weighted by atomic mass is 79.9. The third-order valence-corrected chi connectivity index (χ3v) is 7.71. The number of hydrogen-bond donors (Lipinski definition) is 0. The first kappa shape index (κ1) is 28.4. The number of amides is 2. The fourth-order valence-corrected chi connectivity index (χ4v) is 5.35. The molecule has 6 nitrogen and oxygen atoms in total. The van der Waals surface area contributed by atoms with Crippen molar-refractivity contribution in [2.75, 3.05) is 19.8 Å². The van der Waals surface area contributed by atoms with Gasteiger partial charge < -0.3 is 14.2 Å². The molecule has 10 heteroatoms. The largest absolute Gasteiger partial charge is 0.492 e. The first-order valence-corrected chi connectivity index (χ1v) is 14.1. The van der Waals surface area contributed by atoms with Crippen LogP contribution in [-0.2, 0) is 11.4 Å². The van der Waals surface area contributed by atoms with Crippen LogP contribution in [-0.4, -0.2) is 35.8 Å². The third-order valence-electron chi connectivity index (χ3n) is 5.47. The van der Waals surface area contributed by atoms with Crippen molar-refractivity contribution in [3.63, 3.8) is 0 Å². The molecule has 0 saturated carbocycles. The van der Waals surface area contributed by atoms with Crippen molar-refractivity contribution in [3.05, 3.63) is 90.7 Å². The average Bonchev–Trinajstić information content (AvgIpc) is 3.14. The molecule has 0 bridgehead atoms. The Kier molecular flexibility index (Phi) is 9.65. The van der Waals surface area contributed by atoms with Crippen molar-refractivity contribution >= 4 is 68.1 Å². The number of hydrogen-bond acceptors (Lipinski definition) is 6. The Balaban J connectivity index is 1.46. The molecule has 0 unspecified atom stereocenters. The van der Waals surface area contributed by atoms with Gasteiger partial charge in [-0.1, -0.05) is 47.0 Å². The summed E-state index contributed by atoms with van der Waals surface area (Å²) in [6.07, 6.45) is 1.67. The van der Waals surface area contributed by atoms with Crippen molar-refractivity contribution in [2.24, 2.45) is 0 Å². The lowest BCUT2D eigenvalue weighted by Gasteiger charge is -2.15. The van der Waals surface area contributed by atoms with E-state index in [1.54, 1.807) is 30.3 Å². The molecule has 0 aromatic heterocycles. The van der Waals surface area contributed by atoms with Gasteiger partial charge in [-0.25, -0.2) is 0 Å². The number of imide groups is 1. The Bertz CT molecular complexity index is 1380. The van der Waals surface area contributed by atoms with Crippen molar-refractivity contribution in [2.45, 2.75) is 20.5 Å². The molecule has 0 spiro atoms. The molecule has 1 aliphatic heterocycles. The monoisotopic (exact) mass is 635 g/mol. The number of carbonyl (C=O) groups excluding carboxylic acids is 2. The topological polar surface area (TPSA) is 65.1 Å². The van der Waals surface area contributed by atoms with Crippen LogP contribution in [0.25, 0.3) is 6.08 Å². The number of thioether (sulfide) groups is 1. The predicted octanol–water partition coefficient (Wildman–Crippen LogP) is 8.16. The smallest absolute Gasteiger partial charge is 0.293 e. The first-order chi connectivity index (χ1) is 18.2. The van der Waals surface area contributed by atoms with E-state index < -0.39 is 0 Å². The number of carbonyl (C=O) groups is 2. The molecule has 0 aliphatic carbocycles. The second kappa shape index (κ2) is 12.9. The van der Waals surface area contributed by atoms with Gasteiger partial charge in [0.05, 0.1) is 32.6 Å². The van der Waals surface area contributed by atoms with E-state index in [0.29, 0.717) is 48.8 Å². The fourth-order valence-electron chi connectivity index (χ4n) is 3.59. The average molecular weight is 637 g/mol. The molecule has 3 aromatic carbocycles. The Morgan fingerprint density at radius 3 is 2.45 bits per heavy atom. The molecule has 1 heterocycles. The highest BCUT2D eigenvalue weighted by Crippen LogP contribution is 2.40. The number of nitrogens with zero attached hydrogens (tertiary/aromatic N) is 1. The van der Waals surface area contributed by atoms with E-state index in [0.717, 1.165) is 22.9 Å². The van der Waals surface area contributed by atoms with Gasteiger partial charge >= 0.3 is 0 Å². The van der Waals surface area contributed by atoms with Crippen molar-refractivity contribution in [1.29, 1.82) is 0 Å². The minimum absolute atomic E-state index is 0.158. The van der Waals surface area contributed by atoms with Crippen molar-refractivity contribution < 1.29 is 23.8 Å². The van der Waals surface area contributed by atoms with E-state index in [4.69, 9.17) is 37.4 Å². The van der Waals surface area contributed by atoms with Gasteiger partial charge in [0.1, 0.15) is 19.0 Å². The fraction of sp³-hybridized carbons (Fsp3) is 0.214. The Hall–Kier alpha value is -2.65. The summed E-state index contributed by atoms with van der Waals surface area (Å²) in [6.45, 7) is 4.89. The predicted molar refractivity (Wildman–Crippen MR) is 155 cm³/mol. The highest BCUT2D eigenvalue weighted by molar-refractivity contribution is 9.10. The van der Waals surface area contributed by atoms with Crippen molar-refractivity contribution in [1.82, 2.24) is 4.90 Å². The van der Waals surface area contributed by atoms with Gasteiger partial charge in [-0.2, -0.15) is 0 Å². The number of ether oxygens (including phenoxy) is 3. The van der Waals surface area contributed by atoms with Gasteiger partial charge in [0.2, 0.25) is 0 Å². The van der Waals surface area contributed by atoms with E-state index in [2.05, 4.69) is 15.9 Å². The van der Waals surface area contributed by atoms with Crippen LogP contribution in [0.15, 0.2) is 64.0 Å². The van der Waals surface area contributed by atoms with Crippen LogP contribution < -0.4 is 14.2 Å². The van der Waals surface area contributed by atoms with Crippen LogP contribution in [0.4, 0.5) is 4.79 Å². The maximum Gasteiger partial charge on any atom is 0.293 e. The van der Waals surface area contributed by atoms with E-state index in [1.165, 1.54) is 4.90 Å². The zero-order valence-electron chi connectivity index (χ0n) is 20.6. The number of halogens is 3. The summed E-state index contributed by atoms with van der Waals surface area (Å²) in [4.78, 5) is 27.0. The van der Waals surface area contributed by atoms with Gasteiger partial charge in [0, 0.05) is 0 Å². The molecule has 0 radical (unpaired) electrons. The summed E-state index contributed by atoms with van der Waals surface area (Å²) >= 11 is 16.6. The van der Waals surface area contributed by atoms with Crippen LogP contribution in [0.1, 0.15) is 23.6 Å². The maximum atomic E-state index is 13.0. The zero-order valence-corrected chi connectivity index (χ0v) is 24.5. The molecule has 198 valence electrons. The summed E-state index contributed by atoms with van der Waals surface area (Å²) in [5, 5.41) is 0.585. The van der Waals surface area contributed by atoms with Crippen LogP contribution >= 0.6 is 50.9 Å². The number of benzene rings is 3. The van der Waals surface area contributed by atoms with E-state index in [9.17, 15) is 9.59 Å². The lowest BCUT2D eigenvalue weighted by Crippen LogP contribution is -2.32. The van der Waals surface area contributed by atoms with Crippen LogP contribution in [0.2, 0.25) is 10.0 Å². The Morgan fingerprint density at radius 2 is 1.74 bits per heavy atom. The molecule has 0 N–H and O–H groups in total. The second-order valence-corrected chi connectivity index (χ2v) is 11.0. The lowest BCUT2D eigenvalue weighted by atomic mass is 10.1. The summed E-state index contributed by atoms with van der Waals surface area (Å²) in [5.41, 5.74) is 2.65. The molecule has 3 aromatic rings. The normalized spacial score (nSPS) is 14.3. The van der Waals surface area contributed by atoms with Gasteiger partial charge in [0.25, 0.3) is 11.1 Å². The van der Waals surface area contributed by atoms with E-state index in [-0.39, 0.29) is 30.9 Å². The summed E-state index contributed by atoms with van der Waals surface area (Å²) in [5.74, 6) is 1.34. The summed E-state index contributed by atoms with van der Waals surface area (Å²) < 4.78 is 18.2. The SMILES string of the molecule is CCOc1cc(/C=C2\SC(=O)N(CCOc3ccc(C)cc3)C2=O)cc(Br)c1OCc1ccc(Cl)c(Cl)c1. The Morgan fingerprint density at radius 1 is 0.974 bits per heavy atom. The van der Waals surface area contributed by atoms with Crippen LogP contribution in [0.3, 0.4) is 0 Å². The minimum atomic E-state index is -0.360. The molecule has 4 rings (SSSR count). The second-order valence-electron chi connectivity index (χ2n) is 8.29.